The third-order valence-corrected chi connectivity index (χ3v) is 7.61. The van der Waals surface area contributed by atoms with Crippen molar-refractivity contribution in [1.82, 2.24) is 13.9 Å². The maximum Gasteiger partial charge on any atom is 0.420 e. The van der Waals surface area contributed by atoms with Gasteiger partial charge in [-0.1, -0.05) is 13.8 Å². The predicted molar refractivity (Wildman–Crippen MR) is 113 cm³/mol. The number of carbonyl (C=O) groups is 1. The van der Waals surface area contributed by atoms with Crippen LogP contribution in [0.4, 0.5) is 5.13 Å². The molecule has 0 unspecified atom stereocenters. The third-order valence-electron chi connectivity index (χ3n) is 5.09. The number of hydrogen-bond donors (Lipinski definition) is 1. The van der Waals surface area contributed by atoms with Crippen LogP contribution in [0.3, 0.4) is 0 Å². The van der Waals surface area contributed by atoms with Crippen molar-refractivity contribution in [1.29, 1.82) is 0 Å². The highest BCUT2D eigenvalue weighted by Gasteiger charge is 2.32. The SMILES string of the molecule is C[C@@H]1C[C@@H](C)CN(S(=O)(=O)c2ccc3c(c2)oc(=O)n3CC(=O)Nc2nccs2)C1. The Kier molecular flexibility index (Phi) is 5.51. The van der Waals surface area contributed by atoms with Gasteiger partial charge in [-0.2, -0.15) is 4.31 Å². The van der Waals surface area contributed by atoms with Crippen LogP contribution in [-0.4, -0.2) is 41.3 Å². The molecular formula is C19H22N4O5S2. The summed E-state index contributed by atoms with van der Waals surface area (Å²) in [5.74, 6) is -0.595. The summed E-state index contributed by atoms with van der Waals surface area (Å²) in [5.41, 5.74) is 0.481. The van der Waals surface area contributed by atoms with Gasteiger partial charge < -0.3 is 9.73 Å². The average Bonchev–Trinajstić information content (AvgIpc) is 3.28. The monoisotopic (exact) mass is 450 g/mol. The molecule has 11 heteroatoms. The van der Waals surface area contributed by atoms with Gasteiger partial charge in [0.15, 0.2) is 10.7 Å². The number of fused-ring (bicyclic) bond motifs is 1. The van der Waals surface area contributed by atoms with Crippen molar-refractivity contribution in [2.45, 2.75) is 31.7 Å². The van der Waals surface area contributed by atoms with E-state index >= 15 is 0 Å². The summed E-state index contributed by atoms with van der Waals surface area (Å²) >= 11 is 1.26. The Morgan fingerprint density at radius 1 is 1.30 bits per heavy atom. The van der Waals surface area contributed by atoms with Gasteiger partial charge in [0.2, 0.25) is 15.9 Å². The van der Waals surface area contributed by atoms with E-state index in [4.69, 9.17) is 4.42 Å². The van der Waals surface area contributed by atoms with E-state index in [2.05, 4.69) is 10.3 Å². The van der Waals surface area contributed by atoms with E-state index in [-0.39, 0.29) is 28.9 Å². The molecule has 0 bridgehead atoms. The lowest BCUT2D eigenvalue weighted by Crippen LogP contribution is -2.42. The van der Waals surface area contributed by atoms with Gasteiger partial charge in [0, 0.05) is 30.7 Å². The summed E-state index contributed by atoms with van der Waals surface area (Å²) in [6, 6.07) is 4.30. The quantitative estimate of drug-likeness (QED) is 0.638. The van der Waals surface area contributed by atoms with E-state index in [1.54, 1.807) is 11.6 Å². The van der Waals surface area contributed by atoms with Gasteiger partial charge in [0.1, 0.15) is 6.54 Å². The Morgan fingerprint density at radius 2 is 2.03 bits per heavy atom. The first kappa shape index (κ1) is 20.8. The molecule has 0 aliphatic carbocycles. The lowest BCUT2D eigenvalue weighted by molar-refractivity contribution is -0.116. The maximum absolute atomic E-state index is 13.1. The normalized spacial score (nSPS) is 20.5. The Bertz CT molecular complexity index is 1220. The molecule has 1 saturated heterocycles. The van der Waals surface area contributed by atoms with E-state index in [0.717, 1.165) is 6.42 Å². The number of thiazole rings is 1. The highest BCUT2D eigenvalue weighted by atomic mass is 32.2. The number of oxazole rings is 1. The summed E-state index contributed by atoms with van der Waals surface area (Å²) in [4.78, 5) is 28.5. The number of aromatic nitrogens is 2. The minimum Gasteiger partial charge on any atom is -0.408 e. The van der Waals surface area contributed by atoms with E-state index in [0.29, 0.717) is 23.7 Å². The number of nitrogens with one attached hydrogen (secondary N) is 1. The number of anilines is 1. The zero-order valence-electron chi connectivity index (χ0n) is 16.6. The molecule has 0 saturated carbocycles. The number of hydrogen-bond acceptors (Lipinski definition) is 7. The van der Waals surface area contributed by atoms with Gasteiger partial charge in [-0.05, 0) is 30.4 Å². The number of rotatable bonds is 5. The second-order valence-electron chi connectivity index (χ2n) is 7.74. The zero-order chi connectivity index (χ0) is 21.5. The van der Waals surface area contributed by atoms with Crippen LogP contribution in [0, 0.1) is 11.8 Å². The molecule has 4 rings (SSSR count). The topological polar surface area (TPSA) is 115 Å². The van der Waals surface area contributed by atoms with Crippen LogP contribution in [0.25, 0.3) is 11.1 Å². The molecule has 0 radical (unpaired) electrons. The summed E-state index contributed by atoms with van der Waals surface area (Å²) in [6.07, 6.45) is 2.55. The Labute approximate surface area is 177 Å². The van der Waals surface area contributed by atoms with Crippen LogP contribution < -0.4 is 11.1 Å². The smallest absolute Gasteiger partial charge is 0.408 e. The van der Waals surface area contributed by atoms with Crippen LogP contribution in [-0.2, 0) is 21.4 Å². The molecule has 9 nitrogen and oxygen atoms in total. The van der Waals surface area contributed by atoms with E-state index in [1.807, 2.05) is 13.8 Å². The van der Waals surface area contributed by atoms with Crippen molar-refractivity contribution in [2.24, 2.45) is 11.8 Å². The Hall–Kier alpha value is -2.50. The predicted octanol–water partition coefficient (Wildman–Crippen LogP) is 2.36. The lowest BCUT2D eigenvalue weighted by atomic mass is 9.94. The maximum atomic E-state index is 13.1. The van der Waals surface area contributed by atoms with Gasteiger partial charge in [-0.25, -0.2) is 18.2 Å². The number of amides is 1. The summed E-state index contributed by atoms with van der Waals surface area (Å²) in [7, 11) is -3.70. The number of benzene rings is 1. The largest absolute Gasteiger partial charge is 0.420 e. The molecule has 30 heavy (non-hydrogen) atoms. The van der Waals surface area contributed by atoms with E-state index in [1.165, 1.54) is 38.4 Å². The first-order valence-corrected chi connectivity index (χ1v) is 11.9. The van der Waals surface area contributed by atoms with Crippen LogP contribution in [0.5, 0.6) is 0 Å². The molecule has 2 atom stereocenters. The molecule has 3 heterocycles. The fraction of sp³-hybridized carbons (Fsp3) is 0.421. The van der Waals surface area contributed by atoms with Crippen LogP contribution >= 0.6 is 11.3 Å². The first-order chi connectivity index (χ1) is 14.2. The van der Waals surface area contributed by atoms with Crippen LogP contribution in [0.2, 0.25) is 0 Å². The van der Waals surface area contributed by atoms with E-state index < -0.39 is 21.7 Å². The van der Waals surface area contributed by atoms with Gasteiger partial charge in [-0.15, -0.1) is 11.3 Å². The van der Waals surface area contributed by atoms with Gasteiger partial charge in [0.05, 0.1) is 10.4 Å². The molecular weight excluding hydrogens is 428 g/mol. The summed E-state index contributed by atoms with van der Waals surface area (Å²) in [6.45, 7) is 4.74. The highest BCUT2D eigenvalue weighted by Crippen LogP contribution is 2.28. The van der Waals surface area contributed by atoms with Crippen molar-refractivity contribution in [3.8, 4) is 0 Å². The standard InChI is InChI=1S/C19H22N4O5S2/c1-12-7-13(2)10-22(9-12)30(26,27)14-3-4-15-16(8-14)28-19(25)23(15)11-17(24)21-18-20-5-6-29-18/h3-6,8,12-13H,7,9-11H2,1-2H3,(H,20,21,24)/t12-,13-/m1/s1. The highest BCUT2D eigenvalue weighted by molar-refractivity contribution is 7.89. The van der Waals surface area contributed by atoms with Crippen molar-refractivity contribution in [3.63, 3.8) is 0 Å². The average molecular weight is 451 g/mol. The van der Waals surface area contributed by atoms with Crippen molar-refractivity contribution in [2.75, 3.05) is 18.4 Å². The molecule has 2 aromatic heterocycles. The van der Waals surface area contributed by atoms with Gasteiger partial charge >= 0.3 is 5.76 Å². The molecule has 160 valence electrons. The minimum atomic E-state index is -3.70. The second kappa shape index (κ2) is 7.97. The molecule has 1 aliphatic heterocycles. The summed E-state index contributed by atoms with van der Waals surface area (Å²) < 4.78 is 34.1. The fourth-order valence-electron chi connectivity index (χ4n) is 3.90. The van der Waals surface area contributed by atoms with Crippen LogP contribution in [0.15, 0.2) is 43.9 Å². The van der Waals surface area contributed by atoms with E-state index in [9.17, 15) is 18.0 Å². The minimum absolute atomic E-state index is 0.0736. The van der Waals surface area contributed by atoms with Gasteiger partial charge in [0.25, 0.3) is 0 Å². The van der Waals surface area contributed by atoms with Crippen LogP contribution in [0.1, 0.15) is 20.3 Å². The molecule has 1 N–H and O–H groups in total. The molecule has 3 aromatic rings. The van der Waals surface area contributed by atoms with Crippen molar-refractivity contribution in [3.05, 3.63) is 40.3 Å². The molecule has 1 aromatic carbocycles. The molecule has 1 amide bonds. The molecule has 1 aliphatic rings. The second-order valence-corrected chi connectivity index (χ2v) is 10.6. The molecule has 1 fully saturated rings. The Morgan fingerprint density at radius 3 is 2.70 bits per heavy atom. The van der Waals surface area contributed by atoms with Gasteiger partial charge in [-0.3, -0.25) is 9.36 Å². The number of sulfonamides is 1. The number of piperidine rings is 1. The molecule has 0 spiro atoms. The zero-order valence-corrected chi connectivity index (χ0v) is 18.2. The summed E-state index contributed by atoms with van der Waals surface area (Å²) in [5, 5.41) is 4.76. The third kappa shape index (κ3) is 4.05. The number of nitrogens with zero attached hydrogens (tertiary/aromatic N) is 3. The first-order valence-electron chi connectivity index (χ1n) is 9.57. The Balaban J connectivity index is 1.61. The lowest BCUT2D eigenvalue weighted by Gasteiger charge is -2.34. The fourth-order valence-corrected chi connectivity index (χ4v) is 6.14. The van der Waals surface area contributed by atoms with Crippen molar-refractivity contribution < 1.29 is 17.6 Å². The number of carbonyl (C=O) groups excluding carboxylic acids is 1. The van der Waals surface area contributed by atoms with Crippen molar-refractivity contribution >= 4 is 43.5 Å².